The third-order valence-corrected chi connectivity index (χ3v) is 7.51. The van der Waals surface area contributed by atoms with Gasteiger partial charge in [-0.05, 0) is 57.2 Å². The summed E-state index contributed by atoms with van der Waals surface area (Å²) in [4.78, 5) is 31.6. The standard InChI is InChI=1S/C26H33F5N4O5/c1-24(2,3)35(23(37)38)20(14-7-9-25(27,28)10-8-14)21-32-16-11-15(5-6-18(16)40-21)17(13-39-4)34-12-19(26(29,30)31)33-22(34)36/h5-6,11,14,17,19-20H,7-10,12-13H2,1-4H3,(H,33,36)(H,37,38)/t17-,19+,20+/m1/s1. The molecule has 2 aromatic rings. The number of carboxylic acid groups (broad SMARTS) is 1. The van der Waals surface area contributed by atoms with Crippen molar-refractivity contribution in [2.75, 3.05) is 20.3 Å². The number of rotatable bonds is 7. The summed E-state index contributed by atoms with van der Waals surface area (Å²) in [5, 5.41) is 12.1. The Bertz CT molecular complexity index is 1230. The summed E-state index contributed by atoms with van der Waals surface area (Å²) < 4.78 is 78.9. The Morgan fingerprint density at radius 3 is 2.45 bits per heavy atom. The minimum Gasteiger partial charge on any atom is -0.465 e. The molecule has 0 radical (unpaired) electrons. The zero-order chi connectivity index (χ0) is 29.6. The van der Waals surface area contributed by atoms with Gasteiger partial charge in [0, 0.05) is 25.5 Å². The first kappa shape index (κ1) is 29.8. The first-order chi connectivity index (χ1) is 18.5. The molecule has 40 heavy (non-hydrogen) atoms. The van der Waals surface area contributed by atoms with E-state index in [2.05, 4.69) is 4.98 Å². The van der Waals surface area contributed by atoms with Crippen molar-refractivity contribution in [2.45, 2.75) is 82.2 Å². The lowest BCUT2D eigenvalue weighted by atomic mass is 9.80. The molecule has 2 N–H and O–H groups in total. The molecule has 222 valence electrons. The second-order valence-electron chi connectivity index (χ2n) is 11.4. The van der Waals surface area contributed by atoms with Crippen LogP contribution in [0.2, 0.25) is 0 Å². The number of alkyl halides is 5. The van der Waals surface area contributed by atoms with Crippen molar-refractivity contribution in [1.82, 2.24) is 20.1 Å². The molecule has 1 aromatic heterocycles. The van der Waals surface area contributed by atoms with Crippen LogP contribution < -0.4 is 5.32 Å². The molecule has 3 amide bonds. The van der Waals surface area contributed by atoms with Gasteiger partial charge in [0.2, 0.25) is 11.8 Å². The van der Waals surface area contributed by atoms with Crippen LogP contribution in [0.3, 0.4) is 0 Å². The summed E-state index contributed by atoms with van der Waals surface area (Å²) in [5.41, 5.74) is 0.0847. The number of nitrogens with zero attached hydrogens (tertiary/aromatic N) is 3. The highest BCUT2D eigenvalue weighted by molar-refractivity contribution is 5.78. The van der Waals surface area contributed by atoms with E-state index in [9.17, 15) is 36.6 Å². The molecule has 1 aliphatic carbocycles. The first-order valence-corrected chi connectivity index (χ1v) is 12.9. The summed E-state index contributed by atoms with van der Waals surface area (Å²) in [6.07, 6.45) is -6.49. The Balaban J connectivity index is 1.72. The van der Waals surface area contributed by atoms with Crippen molar-refractivity contribution in [3.8, 4) is 0 Å². The average Bonchev–Trinajstić information content (AvgIpc) is 3.43. The highest BCUT2D eigenvalue weighted by atomic mass is 19.4. The van der Waals surface area contributed by atoms with Gasteiger partial charge >= 0.3 is 18.3 Å². The number of fused-ring (bicyclic) bond motifs is 1. The van der Waals surface area contributed by atoms with E-state index in [-0.39, 0.29) is 49.3 Å². The van der Waals surface area contributed by atoms with Crippen molar-refractivity contribution < 1.29 is 45.8 Å². The number of nitrogens with one attached hydrogen (secondary N) is 1. The molecule has 4 rings (SSSR count). The maximum atomic E-state index is 14.0. The minimum absolute atomic E-state index is 0.0408. The van der Waals surface area contributed by atoms with Crippen molar-refractivity contribution in [3.63, 3.8) is 0 Å². The Hall–Kier alpha value is -3.16. The van der Waals surface area contributed by atoms with Gasteiger partial charge in [0.25, 0.3) is 0 Å². The van der Waals surface area contributed by atoms with E-state index in [4.69, 9.17) is 9.15 Å². The summed E-state index contributed by atoms with van der Waals surface area (Å²) in [5.74, 6) is -3.26. The van der Waals surface area contributed by atoms with E-state index >= 15 is 0 Å². The maximum absolute atomic E-state index is 14.0. The number of urea groups is 1. The number of amides is 3. The third-order valence-electron chi connectivity index (χ3n) is 7.51. The number of carbonyl (C=O) groups is 2. The summed E-state index contributed by atoms with van der Waals surface area (Å²) >= 11 is 0. The van der Waals surface area contributed by atoms with Crippen LogP contribution in [0.4, 0.5) is 31.5 Å². The average molecular weight is 577 g/mol. The number of aromatic nitrogens is 1. The Kier molecular flexibility index (Phi) is 7.96. The van der Waals surface area contributed by atoms with Gasteiger partial charge in [-0.15, -0.1) is 0 Å². The summed E-state index contributed by atoms with van der Waals surface area (Å²) in [6.45, 7) is 4.38. The van der Waals surface area contributed by atoms with Crippen LogP contribution in [0.25, 0.3) is 11.1 Å². The highest BCUT2D eigenvalue weighted by Gasteiger charge is 2.49. The van der Waals surface area contributed by atoms with Crippen LogP contribution in [-0.2, 0) is 4.74 Å². The van der Waals surface area contributed by atoms with Gasteiger partial charge in [-0.1, -0.05) is 6.07 Å². The fraction of sp³-hybridized carbons (Fsp3) is 0.654. The van der Waals surface area contributed by atoms with E-state index in [1.165, 1.54) is 18.1 Å². The van der Waals surface area contributed by atoms with Gasteiger partial charge in [0.1, 0.15) is 17.6 Å². The van der Waals surface area contributed by atoms with Gasteiger partial charge < -0.3 is 24.5 Å². The quantitative estimate of drug-likeness (QED) is 0.385. The normalized spacial score (nSPS) is 21.9. The lowest BCUT2D eigenvalue weighted by Crippen LogP contribution is -2.50. The van der Waals surface area contributed by atoms with Crippen molar-refractivity contribution in [1.29, 1.82) is 0 Å². The number of benzene rings is 1. The number of methoxy groups -OCH3 is 1. The van der Waals surface area contributed by atoms with Crippen LogP contribution in [0.5, 0.6) is 0 Å². The fourth-order valence-electron chi connectivity index (χ4n) is 5.56. The van der Waals surface area contributed by atoms with Gasteiger partial charge in [-0.2, -0.15) is 13.2 Å². The molecule has 0 bridgehead atoms. The van der Waals surface area contributed by atoms with Gasteiger partial charge in [0.15, 0.2) is 5.58 Å². The fourth-order valence-corrected chi connectivity index (χ4v) is 5.56. The molecule has 2 fully saturated rings. The Morgan fingerprint density at radius 1 is 1.27 bits per heavy atom. The molecule has 1 aliphatic heterocycles. The topological polar surface area (TPSA) is 108 Å². The molecule has 1 saturated heterocycles. The lowest BCUT2D eigenvalue weighted by molar-refractivity contribution is -0.150. The van der Waals surface area contributed by atoms with Crippen LogP contribution >= 0.6 is 0 Å². The number of carbonyl (C=O) groups excluding carboxylic acids is 1. The smallest absolute Gasteiger partial charge is 0.410 e. The highest BCUT2D eigenvalue weighted by Crippen LogP contribution is 2.46. The molecule has 1 saturated carbocycles. The molecular formula is C26H33F5N4O5. The van der Waals surface area contributed by atoms with Crippen LogP contribution in [0.15, 0.2) is 22.6 Å². The molecule has 0 spiro atoms. The van der Waals surface area contributed by atoms with Crippen molar-refractivity contribution >= 4 is 23.2 Å². The van der Waals surface area contributed by atoms with E-state index in [1.54, 1.807) is 32.9 Å². The molecule has 1 aromatic carbocycles. The van der Waals surface area contributed by atoms with Crippen LogP contribution in [0.1, 0.15) is 70.0 Å². The van der Waals surface area contributed by atoms with Crippen molar-refractivity contribution in [3.05, 3.63) is 29.7 Å². The molecule has 3 atom stereocenters. The van der Waals surface area contributed by atoms with E-state index in [0.717, 1.165) is 4.90 Å². The maximum Gasteiger partial charge on any atom is 0.410 e. The zero-order valence-corrected chi connectivity index (χ0v) is 22.6. The van der Waals surface area contributed by atoms with Gasteiger partial charge in [-0.25, -0.2) is 23.4 Å². The number of oxazole rings is 1. The second kappa shape index (κ2) is 10.7. The summed E-state index contributed by atoms with van der Waals surface area (Å²) in [6, 6.07) is -0.0719. The predicted octanol–water partition coefficient (Wildman–Crippen LogP) is 6.12. The molecular weight excluding hydrogens is 543 g/mol. The molecule has 9 nitrogen and oxygen atoms in total. The molecule has 0 unspecified atom stereocenters. The van der Waals surface area contributed by atoms with Gasteiger partial charge in [-0.3, -0.25) is 4.90 Å². The zero-order valence-electron chi connectivity index (χ0n) is 22.6. The predicted molar refractivity (Wildman–Crippen MR) is 133 cm³/mol. The minimum atomic E-state index is -4.62. The largest absolute Gasteiger partial charge is 0.465 e. The monoisotopic (exact) mass is 576 g/mol. The van der Waals surface area contributed by atoms with Gasteiger partial charge in [0.05, 0.1) is 19.2 Å². The van der Waals surface area contributed by atoms with E-state index < -0.39 is 60.4 Å². The Morgan fingerprint density at radius 2 is 1.93 bits per heavy atom. The molecule has 2 heterocycles. The summed E-state index contributed by atoms with van der Waals surface area (Å²) in [7, 11) is 1.36. The number of ether oxygens (including phenoxy) is 1. The lowest BCUT2D eigenvalue weighted by Gasteiger charge is -2.43. The van der Waals surface area contributed by atoms with E-state index in [1.807, 2.05) is 5.32 Å². The third kappa shape index (κ3) is 6.11. The molecule has 14 heteroatoms. The molecule has 2 aliphatic rings. The first-order valence-electron chi connectivity index (χ1n) is 12.9. The number of hydrogen-bond donors (Lipinski definition) is 2. The SMILES string of the molecule is COC[C@H](c1ccc2oc([C@H](C3CCC(F)(F)CC3)N(C(=O)O)C(C)(C)C)nc2c1)N1C[C@@H](C(F)(F)F)NC1=O. The number of hydrogen-bond acceptors (Lipinski definition) is 5. The van der Waals surface area contributed by atoms with E-state index in [0.29, 0.717) is 5.56 Å². The van der Waals surface area contributed by atoms with Crippen LogP contribution in [-0.4, -0.2) is 76.0 Å². The second-order valence-corrected chi connectivity index (χ2v) is 11.4. The number of halogens is 5. The Labute approximate surface area is 227 Å². The van der Waals surface area contributed by atoms with Crippen LogP contribution in [0, 0.1) is 5.92 Å². The van der Waals surface area contributed by atoms with Crippen molar-refractivity contribution in [2.24, 2.45) is 5.92 Å².